The molecule has 1 amide bonds. The first-order valence-corrected chi connectivity index (χ1v) is 8.38. The van der Waals surface area contributed by atoms with Crippen molar-refractivity contribution in [1.29, 1.82) is 0 Å². The number of rotatable bonds is 4. The first-order valence-electron chi connectivity index (χ1n) is 8.38. The number of amides is 1. The summed E-state index contributed by atoms with van der Waals surface area (Å²) in [5.74, 6) is 0.0431. The number of benzene rings is 2. The molecule has 2 aliphatic rings. The van der Waals surface area contributed by atoms with Crippen LogP contribution < -0.4 is 11.1 Å². The van der Waals surface area contributed by atoms with E-state index in [9.17, 15) is 9.90 Å². The summed E-state index contributed by atoms with van der Waals surface area (Å²) in [6.45, 7) is 2.14. The van der Waals surface area contributed by atoms with Crippen LogP contribution in [0.15, 0.2) is 48.5 Å². The molecule has 2 unspecified atom stereocenters. The molecule has 4 nitrogen and oxygen atoms in total. The maximum atomic E-state index is 12.3. The van der Waals surface area contributed by atoms with Crippen molar-refractivity contribution >= 4 is 11.6 Å². The second-order valence-corrected chi connectivity index (χ2v) is 7.41. The van der Waals surface area contributed by atoms with Gasteiger partial charge in [-0.15, -0.1) is 0 Å². The van der Waals surface area contributed by atoms with Crippen molar-refractivity contribution in [3.05, 3.63) is 59.7 Å². The lowest BCUT2D eigenvalue weighted by molar-refractivity contribution is -0.124. The molecule has 1 heterocycles. The number of nitrogens with one attached hydrogen (secondary N) is 1. The molecule has 2 aromatic rings. The standard InChI is InChI=1S/C20H22N2O2/c1-19(14-5-3-2-4-6-14)12-20(19,18(21)24)11-15-9-13-7-8-16(23)10-17(13)22-15/h2-8,10,15,22-23H,9,11-12H2,1H3,(H2,21,24)/t15-,19?,20?/m0/s1. The first kappa shape index (κ1) is 15.1. The fourth-order valence-corrected chi connectivity index (χ4v) is 4.46. The number of fused-ring (bicyclic) bond motifs is 1. The summed E-state index contributed by atoms with van der Waals surface area (Å²) >= 11 is 0. The Morgan fingerprint density at radius 2 is 2.04 bits per heavy atom. The molecular formula is C20H22N2O2. The van der Waals surface area contributed by atoms with Crippen molar-refractivity contribution in [2.45, 2.75) is 37.6 Å². The Hall–Kier alpha value is -2.49. The van der Waals surface area contributed by atoms with E-state index in [1.807, 2.05) is 24.3 Å². The lowest BCUT2D eigenvalue weighted by Gasteiger charge is -2.24. The summed E-state index contributed by atoms with van der Waals surface area (Å²) in [5.41, 5.74) is 8.46. The summed E-state index contributed by atoms with van der Waals surface area (Å²) < 4.78 is 0. The minimum Gasteiger partial charge on any atom is -0.508 e. The molecule has 3 atom stereocenters. The molecule has 4 rings (SSSR count). The van der Waals surface area contributed by atoms with Crippen LogP contribution in [0.4, 0.5) is 5.69 Å². The second-order valence-electron chi connectivity index (χ2n) is 7.41. The van der Waals surface area contributed by atoms with Crippen molar-refractivity contribution in [1.82, 2.24) is 0 Å². The Kier molecular flexibility index (Phi) is 3.14. The zero-order valence-electron chi connectivity index (χ0n) is 13.8. The number of primary amides is 1. The fraction of sp³-hybridized carbons (Fsp3) is 0.350. The van der Waals surface area contributed by atoms with E-state index < -0.39 is 5.41 Å². The molecule has 1 aliphatic heterocycles. The van der Waals surface area contributed by atoms with Gasteiger partial charge in [-0.2, -0.15) is 0 Å². The third-order valence-electron chi connectivity index (χ3n) is 5.98. The average molecular weight is 322 g/mol. The van der Waals surface area contributed by atoms with Crippen LogP contribution in [-0.4, -0.2) is 17.1 Å². The highest BCUT2D eigenvalue weighted by atomic mass is 16.3. The van der Waals surface area contributed by atoms with Gasteiger partial charge >= 0.3 is 0 Å². The third-order valence-corrected chi connectivity index (χ3v) is 5.98. The van der Waals surface area contributed by atoms with E-state index in [2.05, 4.69) is 24.4 Å². The molecule has 1 aliphatic carbocycles. The minimum atomic E-state index is -0.504. The molecule has 4 heteroatoms. The maximum Gasteiger partial charge on any atom is 0.224 e. The fourth-order valence-electron chi connectivity index (χ4n) is 4.46. The minimum absolute atomic E-state index is 0.167. The summed E-state index contributed by atoms with van der Waals surface area (Å²) in [7, 11) is 0. The highest BCUT2D eigenvalue weighted by Gasteiger charge is 2.69. The van der Waals surface area contributed by atoms with E-state index in [1.54, 1.807) is 12.1 Å². The molecule has 0 bridgehead atoms. The van der Waals surface area contributed by atoms with Crippen molar-refractivity contribution < 1.29 is 9.90 Å². The number of hydrogen-bond donors (Lipinski definition) is 3. The average Bonchev–Trinajstić information content (AvgIpc) is 2.98. The van der Waals surface area contributed by atoms with E-state index in [1.165, 1.54) is 11.1 Å². The number of phenols is 1. The van der Waals surface area contributed by atoms with Gasteiger partial charge in [-0.1, -0.05) is 43.3 Å². The number of phenolic OH excluding ortho intramolecular Hbond substituents is 1. The normalized spacial score (nSPS) is 30.5. The number of nitrogens with two attached hydrogens (primary N) is 1. The smallest absolute Gasteiger partial charge is 0.224 e. The second kappa shape index (κ2) is 5.00. The van der Waals surface area contributed by atoms with E-state index in [0.29, 0.717) is 6.42 Å². The van der Waals surface area contributed by atoms with Gasteiger partial charge in [0, 0.05) is 23.2 Å². The first-order chi connectivity index (χ1) is 11.4. The van der Waals surface area contributed by atoms with Gasteiger partial charge in [-0.3, -0.25) is 4.79 Å². The molecule has 0 saturated heterocycles. The van der Waals surface area contributed by atoms with Crippen molar-refractivity contribution in [3.8, 4) is 5.75 Å². The van der Waals surface area contributed by atoms with E-state index in [0.717, 1.165) is 18.5 Å². The van der Waals surface area contributed by atoms with Gasteiger partial charge in [0.05, 0.1) is 5.41 Å². The van der Waals surface area contributed by atoms with Crippen LogP contribution in [0.2, 0.25) is 0 Å². The van der Waals surface area contributed by atoms with E-state index >= 15 is 0 Å². The topological polar surface area (TPSA) is 75.3 Å². The maximum absolute atomic E-state index is 12.3. The number of anilines is 1. The Morgan fingerprint density at radius 3 is 2.75 bits per heavy atom. The van der Waals surface area contributed by atoms with Gasteiger partial charge < -0.3 is 16.2 Å². The van der Waals surface area contributed by atoms with Crippen LogP contribution in [0, 0.1) is 5.41 Å². The lowest BCUT2D eigenvalue weighted by Crippen LogP contribution is -2.36. The summed E-state index contributed by atoms with van der Waals surface area (Å²) in [4.78, 5) is 12.3. The predicted molar refractivity (Wildman–Crippen MR) is 93.9 cm³/mol. The summed E-state index contributed by atoms with van der Waals surface area (Å²) in [6.07, 6.45) is 2.36. The highest BCUT2D eigenvalue weighted by Crippen LogP contribution is 2.67. The van der Waals surface area contributed by atoms with Gasteiger partial charge in [-0.05, 0) is 36.5 Å². The summed E-state index contributed by atoms with van der Waals surface area (Å²) in [6, 6.07) is 15.7. The van der Waals surface area contributed by atoms with Crippen molar-refractivity contribution in [3.63, 3.8) is 0 Å². The number of carbonyl (C=O) groups excluding carboxylic acids is 1. The molecule has 1 saturated carbocycles. The molecule has 0 aromatic heterocycles. The zero-order chi connectivity index (χ0) is 16.9. The quantitative estimate of drug-likeness (QED) is 0.810. The summed E-state index contributed by atoms with van der Waals surface area (Å²) in [5, 5.41) is 13.1. The Morgan fingerprint density at radius 1 is 1.29 bits per heavy atom. The van der Waals surface area contributed by atoms with Gasteiger partial charge in [0.2, 0.25) is 5.91 Å². The molecule has 2 aromatic carbocycles. The SMILES string of the molecule is CC1(c2ccccc2)CC1(C[C@@H]1Cc2ccc(O)cc2N1)C(N)=O. The zero-order valence-corrected chi connectivity index (χ0v) is 13.8. The largest absolute Gasteiger partial charge is 0.508 e. The molecule has 124 valence electrons. The predicted octanol–water partition coefficient (Wildman–Crippen LogP) is 2.95. The molecule has 24 heavy (non-hydrogen) atoms. The van der Waals surface area contributed by atoms with Crippen LogP contribution in [0.1, 0.15) is 30.9 Å². The van der Waals surface area contributed by atoms with Crippen molar-refractivity contribution in [2.75, 3.05) is 5.32 Å². The van der Waals surface area contributed by atoms with Gasteiger partial charge in [0.15, 0.2) is 0 Å². The molecule has 4 N–H and O–H groups in total. The van der Waals surface area contributed by atoms with E-state index in [-0.39, 0.29) is 23.1 Å². The van der Waals surface area contributed by atoms with Crippen LogP contribution in [0.3, 0.4) is 0 Å². The van der Waals surface area contributed by atoms with Gasteiger partial charge in [0.1, 0.15) is 5.75 Å². The molecular weight excluding hydrogens is 300 g/mol. The Balaban J connectivity index is 1.58. The Labute approximate surface area is 141 Å². The third kappa shape index (κ3) is 2.09. The van der Waals surface area contributed by atoms with Crippen LogP contribution in [0.25, 0.3) is 0 Å². The molecule has 1 fully saturated rings. The number of aromatic hydroxyl groups is 1. The number of hydrogen-bond acceptors (Lipinski definition) is 3. The van der Waals surface area contributed by atoms with Gasteiger partial charge in [0.25, 0.3) is 0 Å². The monoisotopic (exact) mass is 322 g/mol. The van der Waals surface area contributed by atoms with Crippen LogP contribution in [-0.2, 0) is 16.6 Å². The number of carbonyl (C=O) groups is 1. The van der Waals surface area contributed by atoms with Crippen LogP contribution >= 0.6 is 0 Å². The lowest BCUT2D eigenvalue weighted by atomic mass is 9.82. The van der Waals surface area contributed by atoms with Crippen LogP contribution in [0.5, 0.6) is 5.75 Å². The molecule has 0 spiro atoms. The molecule has 0 radical (unpaired) electrons. The van der Waals surface area contributed by atoms with Gasteiger partial charge in [-0.25, -0.2) is 0 Å². The van der Waals surface area contributed by atoms with Crippen molar-refractivity contribution in [2.24, 2.45) is 11.1 Å². The van der Waals surface area contributed by atoms with E-state index in [4.69, 9.17) is 5.73 Å². The Bertz CT molecular complexity index is 805. The highest BCUT2D eigenvalue weighted by molar-refractivity contribution is 5.87.